The van der Waals surface area contributed by atoms with E-state index in [0.717, 1.165) is 25.6 Å². The first-order valence-electron chi connectivity index (χ1n) is 8.77. The van der Waals surface area contributed by atoms with E-state index >= 15 is 0 Å². The Morgan fingerprint density at radius 1 is 0.900 bits per heavy atom. The van der Waals surface area contributed by atoms with Crippen molar-refractivity contribution in [3.05, 3.63) is 0 Å². The molecule has 1 N–H and O–H groups in total. The number of hydrogen-bond donors (Lipinski definition) is 1. The third kappa shape index (κ3) is 8.23. The summed E-state index contributed by atoms with van der Waals surface area (Å²) in [7, 11) is 0. The molecule has 0 rings (SSSR count). The van der Waals surface area contributed by atoms with Crippen molar-refractivity contribution in [3.8, 4) is 0 Å². The lowest BCUT2D eigenvalue weighted by Gasteiger charge is -2.33. The maximum Gasteiger partial charge on any atom is 0.0105 e. The highest BCUT2D eigenvalue weighted by molar-refractivity contribution is 4.74. The Morgan fingerprint density at radius 2 is 1.55 bits per heavy atom. The quantitative estimate of drug-likeness (QED) is 0.525. The number of nitrogens with one attached hydrogen (secondary N) is 1. The second-order valence-electron chi connectivity index (χ2n) is 5.93. The summed E-state index contributed by atoms with van der Waals surface area (Å²) in [5.74, 6) is 0.718. The largest absolute Gasteiger partial charge is 0.316 e. The van der Waals surface area contributed by atoms with Gasteiger partial charge >= 0.3 is 0 Å². The molecule has 0 amide bonds. The van der Waals surface area contributed by atoms with E-state index in [9.17, 15) is 0 Å². The van der Waals surface area contributed by atoms with Crippen molar-refractivity contribution < 1.29 is 0 Å². The van der Waals surface area contributed by atoms with E-state index in [-0.39, 0.29) is 0 Å². The van der Waals surface area contributed by atoms with Crippen molar-refractivity contribution in [3.63, 3.8) is 0 Å². The lowest BCUT2D eigenvalue weighted by Crippen LogP contribution is -2.42. The summed E-state index contributed by atoms with van der Waals surface area (Å²) in [6.45, 7) is 22.1. The van der Waals surface area contributed by atoms with E-state index in [1.807, 2.05) is 0 Å². The molecular formula is C17H39N3. The Kier molecular flexibility index (Phi) is 12.5. The van der Waals surface area contributed by atoms with Gasteiger partial charge in [0.05, 0.1) is 0 Å². The van der Waals surface area contributed by atoms with E-state index in [1.54, 1.807) is 0 Å². The van der Waals surface area contributed by atoms with Gasteiger partial charge in [-0.15, -0.1) is 0 Å². The molecule has 3 nitrogen and oxygen atoms in total. The molecule has 0 spiro atoms. The third-order valence-corrected chi connectivity index (χ3v) is 4.51. The van der Waals surface area contributed by atoms with Gasteiger partial charge < -0.3 is 15.1 Å². The second-order valence-corrected chi connectivity index (χ2v) is 5.93. The third-order valence-electron chi connectivity index (χ3n) is 4.51. The topological polar surface area (TPSA) is 18.5 Å². The molecule has 0 radical (unpaired) electrons. The molecule has 0 saturated heterocycles. The fourth-order valence-corrected chi connectivity index (χ4v) is 2.72. The van der Waals surface area contributed by atoms with E-state index in [1.165, 1.54) is 39.0 Å². The summed E-state index contributed by atoms with van der Waals surface area (Å²) in [6, 6.07) is 0.668. The highest BCUT2D eigenvalue weighted by atomic mass is 15.2. The summed E-state index contributed by atoms with van der Waals surface area (Å²) in [5.41, 5.74) is 0. The van der Waals surface area contributed by atoms with Crippen molar-refractivity contribution in [1.82, 2.24) is 15.1 Å². The molecule has 0 aliphatic rings. The van der Waals surface area contributed by atoms with Crippen LogP contribution in [-0.4, -0.2) is 61.7 Å². The Bertz CT molecular complexity index is 204. The van der Waals surface area contributed by atoms with E-state index in [4.69, 9.17) is 0 Å². The first kappa shape index (κ1) is 19.9. The highest BCUT2D eigenvalue weighted by Crippen LogP contribution is 2.11. The minimum atomic E-state index is 0.668. The van der Waals surface area contributed by atoms with Gasteiger partial charge in [0.1, 0.15) is 0 Å². The SMILES string of the molecule is CCCNCC(C)C(C)N(CC)CCCN(CC)CC. The zero-order chi connectivity index (χ0) is 15.4. The summed E-state index contributed by atoms with van der Waals surface area (Å²) >= 11 is 0. The van der Waals surface area contributed by atoms with Crippen LogP contribution in [0.2, 0.25) is 0 Å². The Hall–Kier alpha value is -0.120. The van der Waals surface area contributed by atoms with Crippen LogP contribution in [0.4, 0.5) is 0 Å². The van der Waals surface area contributed by atoms with Crippen molar-refractivity contribution in [1.29, 1.82) is 0 Å². The maximum atomic E-state index is 3.55. The molecule has 0 aromatic heterocycles. The van der Waals surface area contributed by atoms with Crippen LogP contribution in [0.5, 0.6) is 0 Å². The molecule has 0 heterocycles. The predicted octanol–water partition coefficient (Wildman–Crippen LogP) is 3.06. The lowest BCUT2D eigenvalue weighted by atomic mass is 10.0. The standard InChI is InChI=1S/C17H39N3/c1-7-12-18-15-16(5)17(6)20(10-4)14-11-13-19(8-2)9-3/h16-18H,7-15H2,1-6H3. The molecule has 0 bridgehead atoms. The summed E-state index contributed by atoms with van der Waals surface area (Å²) in [4.78, 5) is 5.16. The normalized spacial score (nSPS) is 15.0. The average molecular weight is 286 g/mol. The first-order valence-corrected chi connectivity index (χ1v) is 8.77. The molecule has 2 atom stereocenters. The maximum absolute atomic E-state index is 3.55. The molecule has 20 heavy (non-hydrogen) atoms. The van der Waals surface area contributed by atoms with Gasteiger partial charge in [-0.25, -0.2) is 0 Å². The molecule has 0 aliphatic carbocycles. The van der Waals surface area contributed by atoms with Crippen molar-refractivity contribution in [2.24, 2.45) is 5.92 Å². The van der Waals surface area contributed by atoms with Gasteiger partial charge in [0.2, 0.25) is 0 Å². The van der Waals surface area contributed by atoms with Crippen LogP contribution in [-0.2, 0) is 0 Å². The number of rotatable bonds is 13. The van der Waals surface area contributed by atoms with Crippen LogP contribution in [0.25, 0.3) is 0 Å². The minimum Gasteiger partial charge on any atom is -0.316 e. The molecule has 0 saturated carbocycles. The second kappa shape index (κ2) is 12.6. The lowest BCUT2D eigenvalue weighted by molar-refractivity contribution is 0.157. The molecule has 0 aliphatic heterocycles. The van der Waals surface area contributed by atoms with Crippen molar-refractivity contribution >= 4 is 0 Å². The van der Waals surface area contributed by atoms with Gasteiger partial charge in [0.15, 0.2) is 0 Å². The highest BCUT2D eigenvalue weighted by Gasteiger charge is 2.18. The van der Waals surface area contributed by atoms with Gasteiger partial charge in [0, 0.05) is 6.04 Å². The molecule has 122 valence electrons. The van der Waals surface area contributed by atoms with E-state index in [0.29, 0.717) is 6.04 Å². The van der Waals surface area contributed by atoms with Crippen LogP contribution >= 0.6 is 0 Å². The van der Waals surface area contributed by atoms with Crippen LogP contribution < -0.4 is 5.32 Å². The van der Waals surface area contributed by atoms with Crippen LogP contribution in [0.3, 0.4) is 0 Å². The number of nitrogens with zero attached hydrogens (tertiary/aromatic N) is 2. The fraction of sp³-hybridized carbons (Fsp3) is 1.00. The zero-order valence-corrected chi connectivity index (χ0v) is 14.9. The fourth-order valence-electron chi connectivity index (χ4n) is 2.72. The van der Waals surface area contributed by atoms with Crippen LogP contribution in [0.1, 0.15) is 54.4 Å². The minimum absolute atomic E-state index is 0.668. The molecule has 3 heteroatoms. The van der Waals surface area contributed by atoms with Gasteiger partial charge in [-0.2, -0.15) is 0 Å². The first-order chi connectivity index (χ1) is 9.60. The van der Waals surface area contributed by atoms with Crippen LogP contribution in [0.15, 0.2) is 0 Å². The van der Waals surface area contributed by atoms with Gasteiger partial charge in [-0.05, 0) is 71.5 Å². The monoisotopic (exact) mass is 285 g/mol. The molecular weight excluding hydrogens is 246 g/mol. The average Bonchev–Trinajstić information content (AvgIpc) is 2.47. The van der Waals surface area contributed by atoms with E-state index in [2.05, 4.69) is 56.7 Å². The Labute approximate surface area is 128 Å². The molecule has 0 fully saturated rings. The molecule has 0 aromatic carbocycles. The van der Waals surface area contributed by atoms with Crippen LogP contribution in [0, 0.1) is 5.92 Å². The van der Waals surface area contributed by atoms with Gasteiger partial charge in [0.25, 0.3) is 0 Å². The molecule has 0 aromatic rings. The van der Waals surface area contributed by atoms with Gasteiger partial charge in [-0.3, -0.25) is 0 Å². The van der Waals surface area contributed by atoms with Gasteiger partial charge in [-0.1, -0.05) is 34.6 Å². The Balaban J connectivity index is 4.03. The van der Waals surface area contributed by atoms with Crippen molar-refractivity contribution in [2.45, 2.75) is 60.4 Å². The summed E-state index contributed by atoms with van der Waals surface area (Å²) < 4.78 is 0. The summed E-state index contributed by atoms with van der Waals surface area (Å²) in [6.07, 6.45) is 2.51. The summed E-state index contributed by atoms with van der Waals surface area (Å²) in [5, 5.41) is 3.55. The number of hydrogen-bond acceptors (Lipinski definition) is 3. The predicted molar refractivity (Wildman–Crippen MR) is 91.4 cm³/mol. The molecule has 2 unspecified atom stereocenters. The Morgan fingerprint density at radius 3 is 2.05 bits per heavy atom. The smallest absolute Gasteiger partial charge is 0.0105 e. The van der Waals surface area contributed by atoms with Crippen molar-refractivity contribution in [2.75, 3.05) is 45.8 Å². The van der Waals surface area contributed by atoms with E-state index < -0.39 is 0 Å². The zero-order valence-electron chi connectivity index (χ0n) is 14.9.